The minimum Gasteiger partial charge on any atom is -0.366 e. The second-order valence-corrected chi connectivity index (χ2v) is 6.47. The van der Waals surface area contributed by atoms with Gasteiger partial charge >= 0.3 is 11.8 Å². The molecule has 0 unspecified atom stereocenters. The van der Waals surface area contributed by atoms with Crippen LogP contribution in [0.1, 0.15) is 29.3 Å². The fourth-order valence-electron chi connectivity index (χ4n) is 3.07. The Balaban J connectivity index is 1.68. The number of nitrogens with one attached hydrogen (secondary N) is 2. The third-order valence-corrected chi connectivity index (χ3v) is 4.48. The van der Waals surface area contributed by atoms with Crippen LogP contribution in [0.3, 0.4) is 0 Å². The topological polar surface area (TPSA) is 122 Å². The Kier molecular flexibility index (Phi) is 5.39. The minimum absolute atomic E-state index is 0.0680. The van der Waals surface area contributed by atoms with E-state index in [0.29, 0.717) is 23.5 Å². The van der Waals surface area contributed by atoms with Crippen molar-refractivity contribution < 1.29 is 19.2 Å². The van der Waals surface area contributed by atoms with Crippen molar-refractivity contribution in [1.29, 1.82) is 0 Å². The lowest BCUT2D eigenvalue weighted by molar-refractivity contribution is -0.132. The van der Waals surface area contributed by atoms with E-state index in [4.69, 9.17) is 5.73 Å². The molecule has 0 bridgehead atoms. The molecule has 1 heterocycles. The SMILES string of the molecule is CC(=O)N1CCCc2ccc(NC(=O)C(=O)Nc3ccc(C(N)=O)cc3)cc21. The van der Waals surface area contributed by atoms with Crippen LogP contribution in [0.15, 0.2) is 42.5 Å². The highest BCUT2D eigenvalue weighted by Crippen LogP contribution is 2.30. The van der Waals surface area contributed by atoms with Gasteiger partial charge in [0, 0.05) is 36.1 Å². The van der Waals surface area contributed by atoms with Crippen LogP contribution in [-0.4, -0.2) is 30.2 Å². The van der Waals surface area contributed by atoms with E-state index in [1.54, 1.807) is 17.0 Å². The normalized spacial score (nSPS) is 12.7. The third kappa shape index (κ3) is 4.17. The predicted octanol–water partition coefficient (Wildman–Crippen LogP) is 1.66. The average molecular weight is 380 g/mol. The molecule has 0 saturated heterocycles. The number of carbonyl (C=O) groups excluding carboxylic acids is 4. The highest BCUT2D eigenvalue weighted by molar-refractivity contribution is 6.43. The molecule has 28 heavy (non-hydrogen) atoms. The molecule has 0 atom stereocenters. The number of anilines is 3. The summed E-state index contributed by atoms with van der Waals surface area (Å²) in [6, 6.07) is 11.1. The number of rotatable bonds is 3. The molecule has 8 nitrogen and oxygen atoms in total. The van der Waals surface area contributed by atoms with E-state index in [9.17, 15) is 19.2 Å². The average Bonchev–Trinajstić information content (AvgIpc) is 2.67. The molecule has 4 N–H and O–H groups in total. The van der Waals surface area contributed by atoms with Crippen molar-refractivity contribution in [2.24, 2.45) is 5.73 Å². The molecule has 0 spiro atoms. The monoisotopic (exact) mass is 380 g/mol. The zero-order chi connectivity index (χ0) is 20.3. The van der Waals surface area contributed by atoms with Gasteiger partial charge in [0.1, 0.15) is 0 Å². The van der Waals surface area contributed by atoms with Crippen molar-refractivity contribution in [2.75, 3.05) is 22.1 Å². The lowest BCUT2D eigenvalue weighted by Crippen LogP contribution is -2.34. The maximum atomic E-state index is 12.2. The van der Waals surface area contributed by atoms with E-state index in [0.717, 1.165) is 24.1 Å². The number of benzene rings is 2. The first-order chi connectivity index (χ1) is 13.3. The van der Waals surface area contributed by atoms with E-state index < -0.39 is 17.7 Å². The molecule has 4 amide bonds. The molecular formula is C20H20N4O4. The highest BCUT2D eigenvalue weighted by Gasteiger charge is 2.21. The van der Waals surface area contributed by atoms with Crippen molar-refractivity contribution >= 4 is 40.7 Å². The quantitative estimate of drug-likeness (QED) is 0.701. The Bertz CT molecular complexity index is 953. The van der Waals surface area contributed by atoms with Crippen molar-refractivity contribution in [3.05, 3.63) is 53.6 Å². The predicted molar refractivity (Wildman–Crippen MR) is 105 cm³/mol. The molecule has 8 heteroatoms. The minimum atomic E-state index is -0.854. The molecule has 2 aromatic carbocycles. The molecule has 0 aromatic heterocycles. The molecule has 3 rings (SSSR count). The van der Waals surface area contributed by atoms with Crippen molar-refractivity contribution in [1.82, 2.24) is 0 Å². The van der Waals surface area contributed by atoms with E-state index in [2.05, 4.69) is 10.6 Å². The summed E-state index contributed by atoms with van der Waals surface area (Å²) in [4.78, 5) is 48.9. The Morgan fingerprint density at radius 2 is 1.54 bits per heavy atom. The summed E-state index contributed by atoms with van der Waals surface area (Å²) in [5.41, 5.74) is 8.02. The number of nitrogens with two attached hydrogens (primary N) is 1. The Hall–Kier alpha value is -3.68. The van der Waals surface area contributed by atoms with Crippen LogP contribution in [0.2, 0.25) is 0 Å². The fraction of sp³-hybridized carbons (Fsp3) is 0.200. The summed E-state index contributed by atoms with van der Waals surface area (Å²) in [6.07, 6.45) is 1.74. The van der Waals surface area contributed by atoms with Gasteiger partial charge in [-0.3, -0.25) is 19.2 Å². The van der Waals surface area contributed by atoms with E-state index >= 15 is 0 Å². The first-order valence-corrected chi connectivity index (χ1v) is 8.78. The second kappa shape index (κ2) is 7.91. The summed E-state index contributed by atoms with van der Waals surface area (Å²) in [5, 5.41) is 4.99. The molecule has 1 aliphatic heterocycles. The van der Waals surface area contributed by atoms with Gasteiger partial charge in [0.05, 0.1) is 0 Å². The van der Waals surface area contributed by atoms with E-state index in [1.165, 1.54) is 31.2 Å². The van der Waals surface area contributed by atoms with Crippen molar-refractivity contribution in [3.63, 3.8) is 0 Å². The number of primary amides is 1. The largest absolute Gasteiger partial charge is 0.366 e. The van der Waals surface area contributed by atoms with Crippen LogP contribution in [0.25, 0.3) is 0 Å². The van der Waals surface area contributed by atoms with Gasteiger partial charge < -0.3 is 21.3 Å². The van der Waals surface area contributed by atoms with Crippen LogP contribution >= 0.6 is 0 Å². The number of nitrogens with zero attached hydrogens (tertiary/aromatic N) is 1. The Labute approximate surface area is 161 Å². The first kappa shape index (κ1) is 19.1. The maximum Gasteiger partial charge on any atom is 0.314 e. The zero-order valence-corrected chi connectivity index (χ0v) is 15.3. The van der Waals surface area contributed by atoms with E-state index in [1.807, 2.05) is 6.07 Å². The molecule has 0 fully saturated rings. The lowest BCUT2D eigenvalue weighted by Gasteiger charge is -2.29. The summed E-state index contributed by atoms with van der Waals surface area (Å²) in [6.45, 7) is 2.12. The van der Waals surface area contributed by atoms with Crippen LogP contribution in [0.4, 0.5) is 17.1 Å². The highest BCUT2D eigenvalue weighted by atomic mass is 16.2. The van der Waals surface area contributed by atoms with Crippen LogP contribution in [-0.2, 0) is 20.8 Å². The first-order valence-electron chi connectivity index (χ1n) is 8.78. The van der Waals surface area contributed by atoms with E-state index in [-0.39, 0.29) is 5.91 Å². The number of hydrogen-bond donors (Lipinski definition) is 3. The maximum absolute atomic E-state index is 12.2. The van der Waals surface area contributed by atoms with Crippen LogP contribution in [0, 0.1) is 0 Å². The molecule has 0 saturated carbocycles. The lowest BCUT2D eigenvalue weighted by atomic mass is 10.0. The molecule has 1 aliphatic rings. The van der Waals surface area contributed by atoms with Gasteiger partial charge in [-0.05, 0) is 54.8 Å². The Morgan fingerprint density at radius 1 is 0.929 bits per heavy atom. The molecule has 144 valence electrons. The smallest absolute Gasteiger partial charge is 0.314 e. The zero-order valence-electron chi connectivity index (χ0n) is 15.3. The number of hydrogen-bond acceptors (Lipinski definition) is 4. The summed E-state index contributed by atoms with van der Waals surface area (Å²) in [5.74, 6) is -2.35. The van der Waals surface area contributed by atoms with Crippen LogP contribution in [0.5, 0.6) is 0 Å². The summed E-state index contributed by atoms with van der Waals surface area (Å²) in [7, 11) is 0. The summed E-state index contributed by atoms with van der Waals surface area (Å²) < 4.78 is 0. The van der Waals surface area contributed by atoms with Gasteiger partial charge in [0.2, 0.25) is 11.8 Å². The van der Waals surface area contributed by atoms with Crippen molar-refractivity contribution in [3.8, 4) is 0 Å². The van der Waals surface area contributed by atoms with Gasteiger partial charge in [-0.2, -0.15) is 0 Å². The number of amides is 4. The molecule has 0 aliphatic carbocycles. The van der Waals surface area contributed by atoms with Gasteiger partial charge in [0.25, 0.3) is 0 Å². The number of carbonyl (C=O) groups is 4. The van der Waals surface area contributed by atoms with Gasteiger partial charge in [0.15, 0.2) is 0 Å². The van der Waals surface area contributed by atoms with Crippen LogP contribution < -0.4 is 21.3 Å². The summed E-state index contributed by atoms with van der Waals surface area (Å²) >= 11 is 0. The Morgan fingerprint density at radius 3 is 2.14 bits per heavy atom. The second-order valence-electron chi connectivity index (χ2n) is 6.47. The number of fused-ring (bicyclic) bond motifs is 1. The van der Waals surface area contributed by atoms with Gasteiger partial charge in [-0.15, -0.1) is 0 Å². The molecule has 2 aromatic rings. The molecular weight excluding hydrogens is 360 g/mol. The fourth-order valence-corrected chi connectivity index (χ4v) is 3.07. The van der Waals surface area contributed by atoms with Gasteiger partial charge in [-0.25, -0.2) is 0 Å². The van der Waals surface area contributed by atoms with Gasteiger partial charge in [-0.1, -0.05) is 6.07 Å². The third-order valence-electron chi connectivity index (χ3n) is 4.48. The molecule has 0 radical (unpaired) electrons. The standard InChI is InChI=1S/C20H20N4O4/c1-12(25)24-10-2-3-13-4-9-16(11-17(13)24)23-20(28)19(27)22-15-7-5-14(6-8-15)18(21)26/h4-9,11H,2-3,10H2,1H3,(H2,21,26)(H,22,27)(H,23,28). The van der Waals surface area contributed by atoms with Crippen molar-refractivity contribution in [2.45, 2.75) is 19.8 Å². The number of aryl methyl sites for hydroxylation is 1.